The van der Waals surface area contributed by atoms with E-state index in [1.807, 2.05) is 12.1 Å². The molecule has 0 bridgehead atoms. The van der Waals surface area contributed by atoms with Crippen molar-refractivity contribution in [3.05, 3.63) is 200 Å². The van der Waals surface area contributed by atoms with Crippen LogP contribution in [0.4, 0.5) is 17.1 Å². The lowest BCUT2D eigenvalue weighted by molar-refractivity contribution is 0.669. The van der Waals surface area contributed by atoms with Gasteiger partial charge in [-0.25, -0.2) is 0 Å². The van der Waals surface area contributed by atoms with E-state index in [0.717, 1.165) is 44.6 Å². The highest BCUT2D eigenvalue weighted by molar-refractivity contribution is 6.28. The summed E-state index contributed by atoms with van der Waals surface area (Å²) in [5.74, 6) is 0. The smallest absolute Gasteiger partial charge is 0.137 e. The van der Waals surface area contributed by atoms with E-state index in [-0.39, 0.29) is 0 Å². The molecule has 0 unspecified atom stereocenters. The first-order chi connectivity index (χ1) is 26.8. The predicted molar refractivity (Wildman–Crippen MR) is 229 cm³/mol. The van der Waals surface area contributed by atoms with Gasteiger partial charge in [-0.1, -0.05) is 158 Å². The maximum absolute atomic E-state index is 6.40. The molecule has 11 rings (SSSR count). The van der Waals surface area contributed by atoms with Crippen molar-refractivity contribution in [2.75, 3.05) is 4.90 Å². The minimum atomic E-state index is 0.871. The Morgan fingerprint density at radius 3 is 1.74 bits per heavy atom. The van der Waals surface area contributed by atoms with Gasteiger partial charge in [0, 0.05) is 33.8 Å². The first-order valence-electron chi connectivity index (χ1n) is 18.5. The number of para-hydroxylation sites is 2. The zero-order chi connectivity index (χ0) is 35.6. The Bertz CT molecular complexity index is 3210. The SMILES string of the molecule is c1ccc(-c2ccccc2N(c2ccc(-c3cccc4c3ccc3ccc5ccc6ccccc6c5c34)cc2)c2ccc3c(c2)oc2ccccc23)cc1. The number of hydrogen-bond acceptors (Lipinski definition) is 2. The molecular formula is C52H33NO. The second-order valence-electron chi connectivity index (χ2n) is 14.1. The number of benzene rings is 10. The fraction of sp³-hybridized carbons (Fsp3) is 0. The molecule has 1 heterocycles. The fourth-order valence-electron chi connectivity index (χ4n) is 8.53. The molecule has 0 saturated heterocycles. The van der Waals surface area contributed by atoms with Gasteiger partial charge in [0.05, 0.1) is 5.69 Å². The average molecular weight is 688 g/mol. The van der Waals surface area contributed by atoms with Gasteiger partial charge in [0.1, 0.15) is 11.2 Å². The Labute approximate surface area is 312 Å². The van der Waals surface area contributed by atoms with E-state index in [0.29, 0.717) is 0 Å². The molecule has 0 amide bonds. The second kappa shape index (κ2) is 12.2. The molecule has 0 radical (unpaired) electrons. The van der Waals surface area contributed by atoms with Gasteiger partial charge in [0.2, 0.25) is 0 Å². The van der Waals surface area contributed by atoms with Crippen LogP contribution in [0.25, 0.3) is 87.3 Å². The first-order valence-corrected chi connectivity index (χ1v) is 18.5. The van der Waals surface area contributed by atoms with Gasteiger partial charge in [-0.3, -0.25) is 0 Å². The van der Waals surface area contributed by atoms with Gasteiger partial charge >= 0.3 is 0 Å². The molecule has 10 aromatic carbocycles. The maximum atomic E-state index is 6.40. The summed E-state index contributed by atoms with van der Waals surface area (Å²) in [6.07, 6.45) is 0. The Hall–Kier alpha value is -7.16. The summed E-state index contributed by atoms with van der Waals surface area (Å²) in [4.78, 5) is 2.35. The number of furan rings is 1. The van der Waals surface area contributed by atoms with Crippen LogP contribution in [0.3, 0.4) is 0 Å². The lowest BCUT2D eigenvalue weighted by atomic mass is 9.90. The molecule has 2 heteroatoms. The highest BCUT2D eigenvalue weighted by Crippen LogP contribution is 2.44. The van der Waals surface area contributed by atoms with Crippen LogP contribution in [0.1, 0.15) is 0 Å². The van der Waals surface area contributed by atoms with Crippen molar-refractivity contribution in [2.45, 2.75) is 0 Å². The van der Waals surface area contributed by atoms with E-state index in [9.17, 15) is 0 Å². The normalized spacial score (nSPS) is 11.7. The van der Waals surface area contributed by atoms with E-state index in [4.69, 9.17) is 4.42 Å². The number of fused-ring (bicyclic) bond motifs is 10. The number of hydrogen-bond donors (Lipinski definition) is 0. The lowest BCUT2D eigenvalue weighted by Crippen LogP contribution is -2.11. The maximum Gasteiger partial charge on any atom is 0.137 e. The van der Waals surface area contributed by atoms with Crippen molar-refractivity contribution < 1.29 is 4.42 Å². The van der Waals surface area contributed by atoms with Crippen LogP contribution < -0.4 is 4.90 Å². The van der Waals surface area contributed by atoms with Gasteiger partial charge < -0.3 is 9.32 Å². The Morgan fingerprint density at radius 2 is 0.889 bits per heavy atom. The largest absolute Gasteiger partial charge is 0.456 e. The third-order valence-corrected chi connectivity index (χ3v) is 11.0. The molecule has 0 N–H and O–H groups in total. The molecule has 0 aliphatic heterocycles. The van der Waals surface area contributed by atoms with Crippen molar-refractivity contribution in [3.8, 4) is 22.3 Å². The second-order valence-corrected chi connectivity index (χ2v) is 14.1. The van der Waals surface area contributed by atoms with E-state index < -0.39 is 0 Å². The van der Waals surface area contributed by atoms with Gasteiger partial charge in [-0.2, -0.15) is 0 Å². The van der Waals surface area contributed by atoms with Crippen LogP contribution in [0, 0.1) is 0 Å². The van der Waals surface area contributed by atoms with Crippen LogP contribution in [0.15, 0.2) is 205 Å². The highest BCUT2D eigenvalue weighted by atomic mass is 16.3. The average Bonchev–Trinajstić information content (AvgIpc) is 3.62. The molecule has 2 nitrogen and oxygen atoms in total. The van der Waals surface area contributed by atoms with E-state index in [1.54, 1.807) is 0 Å². The summed E-state index contributed by atoms with van der Waals surface area (Å²) >= 11 is 0. The lowest BCUT2D eigenvalue weighted by Gasteiger charge is -2.28. The quantitative estimate of drug-likeness (QED) is 0.168. The van der Waals surface area contributed by atoms with Crippen molar-refractivity contribution in [3.63, 3.8) is 0 Å². The Balaban J connectivity index is 1.09. The standard InChI is InChI=1S/C52H33NO/c1-2-11-34(12-3-1)42-14-6-8-19-48(42)53(40-30-32-46-45-16-7-9-20-49(45)54-50(46)33-40)39-28-25-36(26-29-39)41-17-10-18-47-44(41)31-27-38-24-23-37-22-21-35-13-4-5-15-43(35)51(37)52(38)47/h1-33H. The van der Waals surface area contributed by atoms with Gasteiger partial charge in [-0.15, -0.1) is 0 Å². The minimum absolute atomic E-state index is 0.871. The molecule has 0 aliphatic carbocycles. The molecule has 54 heavy (non-hydrogen) atoms. The minimum Gasteiger partial charge on any atom is -0.456 e. The van der Waals surface area contributed by atoms with E-state index in [2.05, 4.69) is 193 Å². The molecule has 0 spiro atoms. The number of rotatable bonds is 5. The first kappa shape index (κ1) is 30.5. The zero-order valence-electron chi connectivity index (χ0n) is 29.4. The molecule has 0 saturated carbocycles. The van der Waals surface area contributed by atoms with Crippen LogP contribution in [0.5, 0.6) is 0 Å². The highest BCUT2D eigenvalue weighted by Gasteiger charge is 2.19. The van der Waals surface area contributed by atoms with Crippen LogP contribution in [0.2, 0.25) is 0 Å². The molecule has 1 aromatic heterocycles. The molecule has 0 atom stereocenters. The van der Waals surface area contributed by atoms with Crippen LogP contribution in [-0.4, -0.2) is 0 Å². The predicted octanol–water partition coefficient (Wildman–Crippen LogP) is 15.0. The third-order valence-electron chi connectivity index (χ3n) is 11.0. The van der Waals surface area contributed by atoms with Crippen molar-refractivity contribution in [1.82, 2.24) is 0 Å². The summed E-state index contributed by atoms with van der Waals surface area (Å²) in [7, 11) is 0. The van der Waals surface area contributed by atoms with Crippen molar-refractivity contribution >= 4 is 82.1 Å². The molecule has 0 fully saturated rings. The summed E-state index contributed by atoms with van der Waals surface area (Å²) in [6.45, 7) is 0. The van der Waals surface area contributed by atoms with Crippen LogP contribution in [-0.2, 0) is 0 Å². The zero-order valence-corrected chi connectivity index (χ0v) is 29.4. The van der Waals surface area contributed by atoms with Gasteiger partial charge in [-0.05, 0) is 96.2 Å². The molecule has 252 valence electrons. The van der Waals surface area contributed by atoms with Gasteiger partial charge in [0.15, 0.2) is 0 Å². The molecule has 0 aliphatic rings. The summed E-state index contributed by atoms with van der Waals surface area (Å²) in [5.41, 5.74) is 9.70. The van der Waals surface area contributed by atoms with E-state index >= 15 is 0 Å². The number of anilines is 3. The molecular weight excluding hydrogens is 655 g/mol. The topological polar surface area (TPSA) is 16.4 Å². The third kappa shape index (κ3) is 4.81. The molecule has 11 aromatic rings. The van der Waals surface area contributed by atoms with Crippen molar-refractivity contribution in [1.29, 1.82) is 0 Å². The van der Waals surface area contributed by atoms with Crippen LogP contribution >= 0.6 is 0 Å². The van der Waals surface area contributed by atoms with E-state index in [1.165, 1.54) is 59.8 Å². The number of nitrogens with zero attached hydrogens (tertiary/aromatic N) is 1. The Morgan fingerprint density at radius 1 is 0.315 bits per heavy atom. The Kier molecular flexibility index (Phi) is 6.90. The van der Waals surface area contributed by atoms with Gasteiger partial charge in [0.25, 0.3) is 0 Å². The summed E-state index contributed by atoms with van der Waals surface area (Å²) in [5, 5.41) is 12.5. The summed E-state index contributed by atoms with van der Waals surface area (Å²) in [6, 6.07) is 72.2. The van der Waals surface area contributed by atoms with Crippen molar-refractivity contribution in [2.24, 2.45) is 0 Å². The monoisotopic (exact) mass is 687 g/mol. The fourth-order valence-corrected chi connectivity index (χ4v) is 8.53. The summed E-state index contributed by atoms with van der Waals surface area (Å²) < 4.78 is 6.40.